The quantitative estimate of drug-likeness (QED) is 0.749. The highest BCUT2D eigenvalue weighted by atomic mass is 79.9. The summed E-state index contributed by atoms with van der Waals surface area (Å²) < 4.78 is 28.1. The number of benzene rings is 2. The van der Waals surface area contributed by atoms with Gasteiger partial charge in [-0.3, -0.25) is 4.79 Å². The predicted octanol–water partition coefficient (Wildman–Crippen LogP) is 3.55. The Morgan fingerprint density at radius 3 is 2.15 bits per heavy atom. The molecule has 0 fully saturated rings. The van der Waals surface area contributed by atoms with Crippen molar-refractivity contribution in [3.8, 4) is 0 Å². The van der Waals surface area contributed by atoms with E-state index in [-0.39, 0.29) is 23.9 Å². The van der Waals surface area contributed by atoms with Gasteiger partial charge in [-0.15, -0.1) is 0 Å². The van der Waals surface area contributed by atoms with Crippen molar-refractivity contribution in [3.63, 3.8) is 0 Å². The predicted molar refractivity (Wildman–Crippen MR) is 106 cm³/mol. The summed E-state index contributed by atoms with van der Waals surface area (Å²) in [5.74, 6) is -0.339. The highest BCUT2D eigenvalue weighted by molar-refractivity contribution is 9.10. The van der Waals surface area contributed by atoms with Crippen LogP contribution in [0.25, 0.3) is 0 Å². The maximum Gasteiger partial charge on any atom is 0.243 e. The maximum atomic E-state index is 13.1. The van der Waals surface area contributed by atoms with Gasteiger partial charge in [0.15, 0.2) is 0 Å². The number of nitrogens with one attached hydrogen (secondary N) is 1. The van der Waals surface area contributed by atoms with Gasteiger partial charge in [-0.25, -0.2) is 8.42 Å². The summed E-state index contributed by atoms with van der Waals surface area (Å²) >= 11 is 3.30. The van der Waals surface area contributed by atoms with Crippen molar-refractivity contribution in [1.29, 1.82) is 0 Å². The van der Waals surface area contributed by atoms with Crippen molar-refractivity contribution in [2.45, 2.75) is 37.8 Å². The summed E-state index contributed by atoms with van der Waals surface area (Å²) in [6, 6.07) is 15.6. The first-order valence-corrected chi connectivity index (χ1v) is 10.4. The summed E-state index contributed by atoms with van der Waals surface area (Å²) in [5, 5.41) is 2.82. The molecular formula is C19H23BrN2O3S. The van der Waals surface area contributed by atoms with Gasteiger partial charge in [-0.05, 0) is 50.6 Å². The lowest BCUT2D eigenvalue weighted by Gasteiger charge is -2.25. The highest BCUT2D eigenvalue weighted by Gasteiger charge is 2.28. The maximum absolute atomic E-state index is 13.1. The van der Waals surface area contributed by atoms with Gasteiger partial charge < -0.3 is 5.32 Å². The molecule has 2 rings (SSSR count). The molecule has 2 aromatic rings. The summed E-state index contributed by atoms with van der Waals surface area (Å²) in [6.07, 6.45) is 0. The molecule has 0 aliphatic rings. The van der Waals surface area contributed by atoms with E-state index in [1.807, 2.05) is 51.1 Å². The van der Waals surface area contributed by atoms with Crippen molar-refractivity contribution >= 4 is 31.9 Å². The van der Waals surface area contributed by atoms with Gasteiger partial charge in [-0.1, -0.05) is 46.3 Å². The molecule has 7 heteroatoms. The van der Waals surface area contributed by atoms with Crippen LogP contribution in [0.15, 0.2) is 64.0 Å². The fourth-order valence-corrected chi connectivity index (χ4v) is 4.04. The van der Waals surface area contributed by atoms with Gasteiger partial charge in [0.2, 0.25) is 15.9 Å². The van der Waals surface area contributed by atoms with E-state index in [9.17, 15) is 13.2 Å². The first-order chi connectivity index (χ1) is 12.1. The molecule has 0 bridgehead atoms. The first-order valence-electron chi connectivity index (χ1n) is 8.18. The normalized spacial score (nSPS) is 12.2. The van der Waals surface area contributed by atoms with E-state index in [2.05, 4.69) is 21.2 Å². The van der Waals surface area contributed by atoms with Crippen LogP contribution in [0, 0.1) is 0 Å². The Morgan fingerprint density at radius 1 is 1.04 bits per heavy atom. The molecular weight excluding hydrogens is 416 g/mol. The molecule has 0 heterocycles. The summed E-state index contributed by atoms with van der Waals surface area (Å²) in [7, 11) is -3.82. The topological polar surface area (TPSA) is 66.5 Å². The lowest BCUT2D eigenvalue weighted by molar-refractivity contribution is -0.122. The average Bonchev–Trinajstić information content (AvgIpc) is 2.54. The summed E-state index contributed by atoms with van der Waals surface area (Å²) in [4.78, 5) is 12.5. The number of carbonyl (C=O) groups is 1. The molecule has 0 spiro atoms. The number of hydrogen-bond donors (Lipinski definition) is 1. The second kappa shape index (κ2) is 8.33. The minimum atomic E-state index is -3.82. The van der Waals surface area contributed by atoms with E-state index < -0.39 is 15.6 Å². The third-order valence-corrected chi connectivity index (χ3v) is 5.82. The van der Waals surface area contributed by atoms with Crippen molar-refractivity contribution < 1.29 is 13.2 Å². The van der Waals surface area contributed by atoms with Crippen LogP contribution in [0.1, 0.15) is 26.3 Å². The molecule has 0 unspecified atom stereocenters. The molecule has 0 aliphatic carbocycles. The zero-order valence-corrected chi connectivity index (χ0v) is 17.5. The number of amides is 1. The molecule has 5 nitrogen and oxygen atoms in total. The van der Waals surface area contributed by atoms with E-state index in [0.29, 0.717) is 0 Å². The average molecular weight is 439 g/mol. The third-order valence-electron chi connectivity index (χ3n) is 3.49. The van der Waals surface area contributed by atoms with Crippen LogP contribution < -0.4 is 5.32 Å². The van der Waals surface area contributed by atoms with Crippen molar-refractivity contribution in [3.05, 3.63) is 64.6 Å². The SMILES string of the molecule is CC(C)(C)NC(=O)CN(Cc1ccccc1)S(=O)(=O)c1ccc(Br)cc1. The van der Waals surface area contributed by atoms with Gasteiger partial charge in [0.25, 0.3) is 0 Å². The van der Waals surface area contributed by atoms with Gasteiger partial charge in [0.05, 0.1) is 11.4 Å². The van der Waals surface area contributed by atoms with E-state index >= 15 is 0 Å². The standard InChI is InChI=1S/C19H23BrN2O3S/c1-19(2,3)21-18(23)14-22(13-15-7-5-4-6-8-15)26(24,25)17-11-9-16(20)10-12-17/h4-12H,13-14H2,1-3H3,(H,21,23). The Bertz CT molecular complexity index is 845. The molecule has 1 amide bonds. The van der Waals surface area contributed by atoms with Crippen LogP contribution in [-0.2, 0) is 21.4 Å². The molecule has 1 N–H and O–H groups in total. The van der Waals surface area contributed by atoms with Gasteiger partial charge in [0.1, 0.15) is 0 Å². The minimum absolute atomic E-state index is 0.122. The van der Waals surface area contributed by atoms with Gasteiger partial charge in [-0.2, -0.15) is 4.31 Å². The zero-order chi connectivity index (χ0) is 19.4. The van der Waals surface area contributed by atoms with E-state index in [1.165, 1.54) is 16.4 Å². The summed E-state index contributed by atoms with van der Waals surface area (Å²) in [6.45, 7) is 5.45. The second-order valence-corrected chi connectivity index (χ2v) is 9.86. The Hall–Kier alpha value is -1.70. The van der Waals surface area contributed by atoms with Crippen molar-refractivity contribution in [2.24, 2.45) is 0 Å². The smallest absolute Gasteiger partial charge is 0.243 e. The molecule has 26 heavy (non-hydrogen) atoms. The van der Waals surface area contributed by atoms with Crippen LogP contribution in [0.5, 0.6) is 0 Å². The molecule has 0 radical (unpaired) electrons. The Balaban J connectivity index is 2.32. The number of carbonyl (C=O) groups excluding carboxylic acids is 1. The lowest BCUT2D eigenvalue weighted by Crippen LogP contribution is -2.47. The first kappa shape index (κ1) is 20.6. The van der Waals surface area contributed by atoms with Gasteiger partial charge >= 0.3 is 0 Å². The minimum Gasteiger partial charge on any atom is -0.350 e. The second-order valence-electron chi connectivity index (χ2n) is 7.01. The van der Waals surface area contributed by atoms with Crippen LogP contribution in [0.3, 0.4) is 0 Å². The van der Waals surface area contributed by atoms with Crippen molar-refractivity contribution in [1.82, 2.24) is 9.62 Å². The van der Waals surface area contributed by atoms with E-state index in [1.54, 1.807) is 12.1 Å². The number of sulfonamides is 1. The Kier molecular flexibility index (Phi) is 6.60. The molecule has 0 aliphatic heterocycles. The highest BCUT2D eigenvalue weighted by Crippen LogP contribution is 2.20. The van der Waals surface area contributed by atoms with E-state index in [4.69, 9.17) is 0 Å². The fraction of sp³-hybridized carbons (Fsp3) is 0.316. The number of hydrogen-bond acceptors (Lipinski definition) is 3. The van der Waals surface area contributed by atoms with Crippen LogP contribution in [0.4, 0.5) is 0 Å². The fourth-order valence-electron chi connectivity index (χ4n) is 2.39. The van der Waals surface area contributed by atoms with E-state index in [0.717, 1.165) is 10.0 Å². The number of halogens is 1. The molecule has 0 saturated heterocycles. The molecule has 140 valence electrons. The van der Waals surface area contributed by atoms with Crippen LogP contribution in [-0.4, -0.2) is 30.7 Å². The third kappa shape index (κ3) is 5.93. The molecule has 0 atom stereocenters. The monoisotopic (exact) mass is 438 g/mol. The van der Waals surface area contributed by atoms with Crippen LogP contribution >= 0.6 is 15.9 Å². The van der Waals surface area contributed by atoms with Crippen molar-refractivity contribution in [2.75, 3.05) is 6.54 Å². The van der Waals surface area contributed by atoms with Gasteiger partial charge in [0, 0.05) is 16.6 Å². The lowest BCUT2D eigenvalue weighted by atomic mass is 10.1. The van der Waals surface area contributed by atoms with Crippen LogP contribution in [0.2, 0.25) is 0 Å². The Morgan fingerprint density at radius 2 is 1.62 bits per heavy atom. The number of nitrogens with zero attached hydrogens (tertiary/aromatic N) is 1. The molecule has 2 aromatic carbocycles. The summed E-state index contributed by atoms with van der Waals surface area (Å²) in [5.41, 5.74) is 0.383. The Labute approximate surface area is 163 Å². The number of rotatable bonds is 6. The molecule has 0 aromatic heterocycles. The zero-order valence-electron chi connectivity index (χ0n) is 15.1. The largest absolute Gasteiger partial charge is 0.350 e. The molecule has 0 saturated carbocycles.